The molecule has 2 aromatic carbocycles. The fraction of sp³-hybridized carbons (Fsp3) is 0.400. The Morgan fingerprint density at radius 2 is 2.00 bits per heavy atom. The molecule has 0 saturated carbocycles. The minimum absolute atomic E-state index is 0.135. The molecule has 0 radical (unpaired) electrons. The number of unbranched alkanes of at least 4 members (excludes halogenated alkanes) is 1. The molecule has 3 heterocycles. The van der Waals surface area contributed by atoms with Gasteiger partial charge in [-0.1, -0.05) is 56.3 Å². The van der Waals surface area contributed by atoms with E-state index in [1.54, 1.807) is 4.90 Å². The molecule has 1 fully saturated rings. The molecule has 1 amide bonds. The van der Waals surface area contributed by atoms with Gasteiger partial charge in [0.15, 0.2) is 0 Å². The molecule has 1 atom stereocenters. The Balaban J connectivity index is 1.48. The number of piperazine rings is 1. The summed E-state index contributed by atoms with van der Waals surface area (Å²) in [6.07, 6.45) is 4.36. The van der Waals surface area contributed by atoms with Crippen LogP contribution in [0.1, 0.15) is 37.4 Å². The van der Waals surface area contributed by atoms with Crippen LogP contribution in [-0.2, 0) is 17.8 Å². The summed E-state index contributed by atoms with van der Waals surface area (Å²) in [5.41, 5.74) is 3.30. The molecule has 2 aliphatic heterocycles. The first-order valence-corrected chi connectivity index (χ1v) is 13.4. The van der Waals surface area contributed by atoms with Crippen molar-refractivity contribution in [2.75, 3.05) is 42.6 Å². The van der Waals surface area contributed by atoms with E-state index in [1.807, 2.05) is 0 Å². The predicted molar refractivity (Wildman–Crippen MR) is 149 cm³/mol. The molecule has 0 aliphatic carbocycles. The van der Waals surface area contributed by atoms with Crippen molar-refractivity contribution >= 4 is 28.2 Å². The van der Waals surface area contributed by atoms with E-state index >= 15 is 0 Å². The SMILES string of the molecule is C=CC(=O)N1CCN(c2nc(OCCCC)nc3c2CCN(c2cccc4ccccc24)C3)CC1CC#N. The van der Waals surface area contributed by atoms with Gasteiger partial charge in [-0.25, -0.2) is 0 Å². The summed E-state index contributed by atoms with van der Waals surface area (Å²) in [4.78, 5) is 28.5. The van der Waals surface area contributed by atoms with E-state index in [0.717, 1.165) is 42.9 Å². The standard InChI is InChI=1S/C30H34N6O2/c1-3-5-19-38-30-32-26-21-34(27-12-8-10-22-9-6-7-11-24(22)27)16-14-25(26)29(33-30)35-17-18-36(28(37)4-2)23(20-35)13-15-31/h4,6-12,23H,2-3,5,13-14,16-21H2,1H3. The van der Waals surface area contributed by atoms with Gasteiger partial charge in [-0.05, 0) is 30.4 Å². The Labute approximate surface area is 224 Å². The zero-order valence-electron chi connectivity index (χ0n) is 22.0. The van der Waals surface area contributed by atoms with Crippen molar-refractivity contribution in [2.24, 2.45) is 0 Å². The van der Waals surface area contributed by atoms with Crippen LogP contribution < -0.4 is 14.5 Å². The summed E-state index contributed by atoms with van der Waals surface area (Å²) < 4.78 is 6.01. The molecule has 3 aromatic rings. The molecule has 1 aromatic heterocycles. The Bertz CT molecular complexity index is 1360. The number of rotatable bonds is 8. The van der Waals surface area contributed by atoms with Crippen LogP contribution in [0.5, 0.6) is 6.01 Å². The zero-order valence-corrected chi connectivity index (χ0v) is 22.0. The van der Waals surface area contributed by atoms with Gasteiger partial charge >= 0.3 is 6.01 Å². The minimum Gasteiger partial charge on any atom is -0.463 e. The van der Waals surface area contributed by atoms with Crippen molar-refractivity contribution in [1.29, 1.82) is 5.26 Å². The van der Waals surface area contributed by atoms with Gasteiger partial charge in [0.1, 0.15) is 5.82 Å². The second kappa shape index (κ2) is 11.5. The van der Waals surface area contributed by atoms with Crippen molar-refractivity contribution in [3.63, 3.8) is 0 Å². The summed E-state index contributed by atoms with van der Waals surface area (Å²) in [7, 11) is 0. The molecular weight excluding hydrogens is 476 g/mol. The second-order valence-corrected chi connectivity index (χ2v) is 9.82. The molecule has 2 aliphatic rings. The van der Waals surface area contributed by atoms with E-state index < -0.39 is 0 Å². The molecule has 196 valence electrons. The number of hydrogen-bond donors (Lipinski definition) is 0. The Hall–Kier alpha value is -4.12. The van der Waals surface area contributed by atoms with E-state index in [9.17, 15) is 10.1 Å². The van der Waals surface area contributed by atoms with Crippen molar-refractivity contribution in [3.8, 4) is 12.1 Å². The van der Waals surface area contributed by atoms with Gasteiger partial charge in [0.2, 0.25) is 5.91 Å². The van der Waals surface area contributed by atoms with Gasteiger partial charge in [0, 0.05) is 42.8 Å². The minimum atomic E-state index is -0.218. The first-order chi connectivity index (χ1) is 18.6. The van der Waals surface area contributed by atoms with Crippen LogP contribution in [-0.4, -0.2) is 59.6 Å². The van der Waals surface area contributed by atoms with Crippen molar-refractivity contribution in [3.05, 3.63) is 66.4 Å². The van der Waals surface area contributed by atoms with E-state index in [4.69, 9.17) is 14.7 Å². The molecular formula is C30H34N6O2. The van der Waals surface area contributed by atoms with Crippen LogP contribution in [0.15, 0.2) is 55.1 Å². The van der Waals surface area contributed by atoms with Gasteiger partial charge in [0.25, 0.3) is 0 Å². The molecule has 8 heteroatoms. The summed E-state index contributed by atoms with van der Waals surface area (Å²) in [5.74, 6) is 0.733. The largest absolute Gasteiger partial charge is 0.463 e. The van der Waals surface area contributed by atoms with Crippen molar-refractivity contribution in [2.45, 2.75) is 45.2 Å². The van der Waals surface area contributed by atoms with Crippen molar-refractivity contribution < 1.29 is 9.53 Å². The fourth-order valence-electron chi connectivity index (χ4n) is 5.45. The number of nitrogens with zero attached hydrogens (tertiary/aromatic N) is 6. The number of amides is 1. The fourth-order valence-corrected chi connectivity index (χ4v) is 5.45. The quantitative estimate of drug-likeness (QED) is 0.326. The van der Waals surface area contributed by atoms with E-state index in [2.05, 4.69) is 71.8 Å². The average Bonchev–Trinajstić information content (AvgIpc) is 2.96. The molecule has 0 bridgehead atoms. The third-order valence-corrected chi connectivity index (χ3v) is 7.43. The monoisotopic (exact) mass is 510 g/mol. The number of benzene rings is 2. The van der Waals surface area contributed by atoms with E-state index in [0.29, 0.717) is 38.8 Å². The molecule has 8 nitrogen and oxygen atoms in total. The first-order valence-electron chi connectivity index (χ1n) is 13.4. The highest BCUT2D eigenvalue weighted by atomic mass is 16.5. The topological polar surface area (TPSA) is 85.6 Å². The number of fused-ring (bicyclic) bond motifs is 2. The summed E-state index contributed by atoms with van der Waals surface area (Å²) in [6.45, 7) is 9.54. The number of hydrogen-bond acceptors (Lipinski definition) is 7. The highest BCUT2D eigenvalue weighted by molar-refractivity contribution is 5.94. The number of anilines is 2. The number of nitriles is 1. The predicted octanol–water partition coefficient (Wildman–Crippen LogP) is 4.49. The summed E-state index contributed by atoms with van der Waals surface area (Å²) in [5, 5.41) is 11.9. The number of aromatic nitrogens is 2. The smallest absolute Gasteiger partial charge is 0.318 e. The van der Waals surface area contributed by atoms with Crippen LogP contribution in [0.2, 0.25) is 0 Å². The maximum absolute atomic E-state index is 12.4. The summed E-state index contributed by atoms with van der Waals surface area (Å²) in [6, 6.07) is 17.3. The molecule has 0 N–H and O–H groups in total. The molecule has 5 rings (SSSR count). The van der Waals surface area contributed by atoms with E-state index in [-0.39, 0.29) is 18.4 Å². The van der Waals surface area contributed by atoms with Gasteiger partial charge < -0.3 is 19.4 Å². The van der Waals surface area contributed by atoms with Crippen molar-refractivity contribution in [1.82, 2.24) is 14.9 Å². The highest BCUT2D eigenvalue weighted by Gasteiger charge is 2.33. The Kier molecular flexibility index (Phi) is 7.73. The zero-order chi connectivity index (χ0) is 26.5. The third kappa shape index (κ3) is 5.14. The number of ether oxygens (including phenoxy) is 1. The molecule has 1 saturated heterocycles. The second-order valence-electron chi connectivity index (χ2n) is 9.82. The molecule has 38 heavy (non-hydrogen) atoms. The van der Waals surface area contributed by atoms with E-state index in [1.165, 1.54) is 22.5 Å². The number of carbonyl (C=O) groups is 1. The van der Waals surface area contributed by atoms with Gasteiger partial charge in [-0.3, -0.25) is 4.79 Å². The lowest BCUT2D eigenvalue weighted by Gasteiger charge is -2.42. The molecule has 1 unspecified atom stereocenters. The van der Waals surface area contributed by atoms with Gasteiger partial charge in [0.05, 0.1) is 37.4 Å². The maximum atomic E-state index is 12.4. The Morgan fingerprint density at radius 1 is 1.16 bits per heavy atom. The lowest BCUT2D eigenvalue weighted by Crippen LogP contribution is -2.55. The summed E-state index contributed by atoms with van der Waals surface area (Å²) >= 11 is 0. The third-order valence-electron chi connectivity index (χ3n) is 7.43. The lowest BCUT2D eigenvalue weighted by atomic mass is 10.0. The highest BCUT2D eigenvalue weighted by Crippen LogP contribution is 2.34. The first kappa shape index (κ1) is 25.5. The van der Waals surface area contributed by atoms with Crippen LogP contribution in [0.4, 0.5) is 11.5 Å². The lowest BCUT2D eigenvalue weighted by molar-refractivity contribution is -0.128. The molecule has 0 spiro atoms. The van der Waals surface area contributed by atoms with Crippen LogP contribution in [0, 0.1) is 11.3 Å². The normalized spacial score (nSPS) is 17.2. The van der Waals surface area contributed by atoms with Crippen LogP contribution in [0.25, 0.3) is 10.8 Å². The number of carbonyl (C=O) groups excluding carboxylic acids is 1. The van der Waals surface area contributed by atoms with Gasteiger partial charge in [-0.2, -0.15) is 15.2 Å². The average molecular weight is 511 g/mol. The van der Waals surface area contributed by atoms with Gasteiger partial charge in [-0.15, -0.1) is 0 Å². The van der Waals surface area contributed by atoms with Crippen LogP contribution >= 0.6 is 0 Å². The van der Waals surface area contributed by atoms with Crippen LogP contribution in [0.3, 0.4) is 0 Å². The maximum Gasteiger partial charge on any atom is 0.318 e. The Morgan fingerprint density at radius 3 is 2.82 bits per heavy atom.